The summed E-state index contributed by atoms with van der Waals surface area (Å²) < 4.78 is 29.2. The second-order valence-corrected chi connectivity index (χ2v) is 7.40. The van der Waals surface area contributed by atoms with Crippen molar-refractivity contribution in [1.82, 2.24) is 0 Å². The van der Waals surface area contributed by atoms with Crippen molar-refractivity contribution in [1.29, 1.82) is 0 Å². The summed E-state index contributed by atoms with van der Waals surface area (Å²) in [5.74, 6) is 0. The van der Waals surface area contributed by atoms with Gasteiger partial charge in [0.2, 0.25) is 10.1 Å². The average Bonchev–Trinajstić information content (AvgIpc) is 2.57. The van der Waals surface area contributed by atoms with Crippen LogP contribution in [0.2, 0.25) is 0 Å². The summed E-state index contributed by atoms with van der Waals surface area (Å²) in [5, 5.41) is 2.79. The Kier molecular flexibility index (Phi) is 9.45. The van der Waals surface area contributed by atoms with Gasteiger partial charge in [-0.2, -0.15) is 30.3 Å². The Hall–Kier alpha value is -1.00. The van der Waals surface area contributed by atoms with Crippen molar-refractivity contribution in [2.75, 3.05) is 0 Å². The Morgan fingerprint density at radius 1 is 0.792 bits per heavy atom. The standard InChI is InChI=1S/C12H11P.C6H5O3S.Na/c1-3-7-11(8-4-1)13-12-9-5-2-6-10-12;7-10(8,9)6-4-2-1-3-5-6;/h1-10,13H;1-2,4-5H,(H,7,8,9);/q;-1;+1. The molecule has 0 aliphatic carbocycles. The van der Waals surface area contributed by atoms with Gasteiger partial charge >= 0.3 is 29.6 Å². The summed E-state index contributed by atoms with van der Waals surface area (Å²) in [6, 6.07) is 29.2. The number of benzene rings is 3. The van der Waals surface area contributed by atoms with Crippen LogP contribution >= 0.6 is 8.58 Å². The maximum absolute atomic E-state index is 10.4. The Labute approximate surface area is 167 Å². The first kappa shape index (κ1) is 21.0. The largest absolute Gasteiger partial charge is 1.00 e. The van der Waals surface area contributed by atoms with E-state index in [4.69, 9.17) is 4.55 Å². The molecule has 0 amide bonds. The van der Waals surface area contributed by atoms with Crippen molar-refractivity contribution in [2.24, 2.45) is 0 Å². The minimum atomic E-state index is -4.03. The fraction of sp³-hybridized carbons (Fsp3) is 0. The quantitative estimate of drug-likeness (QED) is 0.309. The molecule has 3 aromatic rings. The van der Waals surface area contributed by atoms with Crippen molar-refractivity contribution in [3.8, 4) is 0 Å². The van der Waals surface area contributed by atoms with Gasteiger partial charge in [-0.3, -0.25) is 4.55 Å². The Bertz CT molecular complexity index is 773. The molecule has 0 spiro atoms. The zero-order valence-corrected chi connectivity index (χ0v) is 17.1. The van der Waals surface area contributed by atoms with Gasteiger partial charge in [0, 0.05) is 0 Å². The van der Waals surface area contributed by atoms with Crippen LogP contribution in [0.15, 0.2) is 89.8 Å². The van der Waals surface area contributed by atoms with E-state index in [1.54, 1.807) is 6.07 Å². The monoisotopic (exact) mass is 366 g/mol. The molecule has 0 saturated heterocycles. The van der Waals surface area contributed by atoms with Crippen LogP contribution in [0.25, 0.3) is 0 Å². The van der Waals surface area contributed by atoms with Crippen LogP contribution < -0.4 is 40.2 Å². The van der Waals surface area contributed by atoms with Crippen LogP contribution in [0.3, 0.4) is 0 Å². The van der Waals surface area contributed by atoms with E-state index < -0.39 is 10.1 Å². The third-order valence-corrected chi connectivity index (χ3v) is 4.91. The molecule has 0 saturated carbocycles. The van der Waals surface area contributed by atoms with E-state index in [2.05, 4.69) is 66.7 Å². The van der Waals surface area contributed by atoms with Crippen molar-refractivity contribution >= 4 is 29.3 Å². The van der Waals surface area contributed by atoms with E-state index in [1.807, 2.05) is 0 Å². The topological polar surface area (TPSA) is 54.4 Å². The number of rotatable bonds is 3. The SMILES string of the molecule is O=S(=O)(O)c1c[c-]ccc1.[Na+].c1ccc(Pc2ccccc2)cc1. The van der Waals surface area contributed by atoms with Gasteiger partial charge in [-0.1, -0.05) is 69.2 Å². The normalized spacial score (nSPS) is 10.0. The van der Waals surface area contributed by atoms with Gasteiger partial charge in [0.25, 0.3) is 0 Å². The van der Waals surface area contributed by atoms with Crippen LogP contribution in [0.1, 0.15) is 0 Å². The minimum Gasteiger partial charge on any atom is -0.291 e. The van der Waals surface area contributed by atoms with Gasteiger partial charge in [0.1, 0.15) is 0 Å². The van der Waals surface area contributed by atoms with Crippen molar-refractivity contribution < 1.29 is 42.5 Å². The third kappa shape index (κ3) is 7.71. The molecule has 6 heteroatoms. The smallest absolute Gasteiger partial charge is 0.291 e. The fourth-order valence-electron chi connectivity index (χ4n) is 1.75. The molecule has 0 radical (unpaired) electrons. The van der Waals surface area contributed by atoms with Crippen LogP contribution in [0, 0.1) is 6.07 Å². The molecule has 0 bridgehead atoms. The summed E-state index contributed by atoms with van der Waals surface area (Å²) in [6.07, 6.45) is 0. The van der Waals surface area contributed by atoms with E-state index in [0.717, 1.165) is 8.58 Å². The molecule has 0 aliphatic heterocycles. The molecule has 24 heavy (non-hydrogen) atoms. The predicted molar refractivity (Wildman–Crippen MR) is 95.6 cm³/mol. The van der Waals surface area contributed by atoms with Crippen molar-refractivity contribution in [3.05, 3.63) is 91.0 Å². The average molecular weight is 366 g/mol. The summed E-state index contributed by atoms with van der Waals surface area (Å²) in [4.78, 5) is -0.130. The molecule has 0 aliphatic rings. The zero-order valence-electron chi connectivity index (χ0n) is 13.3. The maximum Gasteiger partial charge on any atom is 1.00 e. The molecule has 3 rings (SSSR count). The minimum absolute atomic E-state index is 0. The second kappa shape index (κ2) is 10.8. The molecule has 118 valence electrons. The molecule has 1 N–H and O–H groups in total. The second-order valence-electron chi connectivity index (χ2n) is 4.57. The predicted octanol–water partition coefficient (Wildman–Crippen LogP) is 0.0534. The molecule has 0 atom stereocenters. The van der Waals surface area contributed by atoms with Crippen LogP contribution in [0.4, 0.5) is 0 Å². The van der Waals surface area contributed by atoms with E-state index in [0.29, 0.717) is 0 Å². The van der Waals surface area contributed by atoms with Gasteiger partial charge in [-0.25, -0.2) is 8.42 Å². The first-order chi connectivity index (χ1) is 11.1. The molecule has 0 fully saturated rings. The maximum atomic E-state index is 10.4. The van der Waals surface area contributed by atoms with E-state index in [-0.39, 0.29) is 34.5 Å². The summed E-state index contributed by atoms with van der Waals surface area (Å²) in [6.45, 7) is 0. The molecule has 0 heterocycles. The number of hydrogen-bond acceptors (Lipinski definition) is 2. The first-order valence-corrected chi connectivity index (χ1v) is 9.30. The fourth-order valence-corrected chi connectivity index (χ4v) is 3.27. The Morgan fingerprint density at radius 2 is 1.29 bits per heavy atom. The van der Waals surface area contributed by atoms with E-state index in [1.165, 1.54) is 28.8 Å². The van der Waals surface area contributed by atoms with Gasteiger partial charge in [-0.15, -0.1) is 0 Å². The van der Waals surface area contributed by atoms with Crippen LogP contribution in [0.5, 0.6) is 0 Å². The van der Waals surface area contributed by atoms with Crippen molar-refractivity contribution in [3.63, 3.8) is 0 Å². The molecular formula is C18H16NaO3PS. The van der Waals surface area contributed by atoms with Gasteiger partial charge in [-0.05, 0) is 15.5 Å². The van der Waals surface area contributed by atoms with Gasteiger partial charge in [0.05, 0.1) is 0 Å². The van der Waals surface area contributed by atoms with Gasteiger partial charge in [0.15, 0.2) is 0 Å². The zero-order chi connectivity index (χ0) is 16.5. The molecule has 0 unspecified atom stereocenters. The van der Waals surface area contributed by atoms with E-state index >= 15 is 0 Å². The number of hydrogen-bond donors (Lipinski definition) is 1. The molecule has 3 nitrogen and oxygen atoms in total. The molecule has 0 aromatic heterocycles. The van der Waals surface area contributed by atoms with Crippen molar-refractivity contribution in [2.45, 2.75) is 4.90 Å². The summed E-state index contributed by atoms with van der Waals surface area (Å²) in [7, 11) is -3.26. The Balaban J connectivity index is 0.000000238. The van der Waals surface area contributed by atoms with Gasteiger partial charge < -0.3 is 0 Å². The first-order valence-electron chi connectivity index (χ1n) is 6.86. The molecule has 3 aromatic carbocycles. The van der Waals surface area contributed by atoms with Crippen LogP contribution in [-0.4, -0.2) is 13.0 Å². The third-order valence-electron chi connectivity index (χ3n) is 2.81. The summed E-state index contributed by atoms with van der Waals surface area (Å²) in [5.41, 5.74) is 0. The van der Waals surface area contributed by atoms with E-state index in [9.17, 15) is 8.42 Å². The summed E-state index contributed by atoms with van der Waals surface area (Å²) >= 11 is 0. The Morgan fingerprint density at radius 3 is 1.62 bits per heavy atom. The molecular weight excluding hydrogens is 350 g/mol. The van der Waals surface area contributed by atoms with Crippen LogP contribution in [-0.2, 0) is 10.1 Å².